The van der Waals surface area contributed by atoms with Gasteiger partial charge in [0.25, 0.3) is 5.91 Å². The average Bonchev–Trinajstić information content (AvgIpc) is 2.68. The summed E-state index contributed by atoms with van der Waals surface area (Å²) in [6, 6.07) is 2.69. The lowest BCUT2D eigenvalue weighted by Crippen LogP contribution is -2.54. The lowest BCUT2D eigenvalue weighted by molar-refractivity contribution is 0.100. The molecule has 1 amide bonds. The molecule has 2 unspecified atom stereocenters. The van der Waals surface area contributed by atoms with E-state index in [1.165, 1.54) is 32.1 Å². The van der Waals surface area contributed by atoms with Gasteiger partial charge in [-0.15, -0.1) is 0 Å². The summed E-state index contributed by atoms with van der Waals surface area (Å²) in [5, 5.41) is 13.8. The Hall–Kier alpha value is -1.99. The molecule has 2 atom stereocenters. The molecule has 1 aliphatic heterocycles. The minimum atomic E-state index is -0.366. The highest BCUT2D eigenvalue weighted by molar-refractivity contribution is 6.05. The predicted molar refractivity (Wildman–Crippen MR) is 112 cm³/mol. The molecule has 2 fully saturated rings. The topological polar surface area (TPSA) is 104 Å². The van der Waals surface area contributed by atoms with Gasteiger partial charge in [-0.3, -0.25) is 4.79 Å². The fraction of sp³-hybridized carbons (Fsp3) is 0.667. The van der Waals surface area contributed by atoms with Crippen molar-refractivity contribution < 1.29 is 9.90 Å². The second kappa shape index (κ2) is 9.47. The van der Waals surface area contributed by atoms with Crippen LogP contribution < -0.4 is 16.0 Å². The van der Waals surface area contributed by atoms with E-state index in [4.69, 9.17) is 5.73 Å². The molecule has 0 aromatic carbocycles. The molecule has 1 saturated carbocycles. The first kappa shape index (κ1) is 20.7. The van der Waals surface area contributed by atoms with Gasteiger partial charge in [-0.25, -0.2) is 4.98 Å². The van der Waals surface area contributed by atoms with Crippen LogP contribution in [0.15, 0.2) is 17.3 Å². The second-order valence-corrected chi connectivity index (χ2v) is 8.23. The molecule has 1 saturated heterocycles. The lowest BCUT2D eigenvalue weighted by Gasteiger charge is -2.41. The van der Waals surface area contributed by atoms with Crippen LogP contribution in [0.1, 0.15) is 61.4 Å². The number of aromatic nitrogens is 1. The average molecular weight is 388 g/mol. The Balaban J connectivity index is 1.75. The Morgan fingerprint density at radius 3 is 2.79 bits per heavy atom. The number of rotatable bonds is 5. The van der Waals surface area contributed by atoms with Gasteiger partial charge in [0, 0.05) is 43.9 Å². The summed E-state index contributed by atoms with van der Waals surface area (Å²) in [4.78, 5) is 23.1. The zero-order valence-corrected chi connectivity index (χ0v) is 17.0. The van der Waals surface area contributed by atoms with E-state index in [1.54, 1.807) is 13.1 Å². The van der Waals surface area contributed by atoms with E-state index in [0.29, 0.717) is 30.0 Å². The number of nitrogens with one attached hydrogen (secondary N) is 1. The number of aryl methyl sites for hydroxylation is 1. The minimum absolute atomic E-state index is 0.112. The summed E-state index contributed by atoms with van der Waals surface area (Å²) in [5.74, 6) is 0.618. The van der Waals surface area contributed by atoms with Crippen LogP contribution in [-0.2, 0) is 0 Å². The molecule has 7 heteroatoms. The molecular weight excluding hydrogens is 354 g/mol. The number of amides is 1. The largest absolute Gasteiger partial charge is 0.396 e. The number of anilines is 1. The number of aliphatic hydroxyl groups excluding tert-OH is 1. The second-order valence-electron chi connectivity index (χ2n) is 8.23. The zero-order valence-electron chi connectivity index (χ0n) is 17.0. The maximum atomic E-state index is 12.6. The van der Waals surface area contributed by atoms with Crippen LogP contribution >= 0.6 is 0 Å². The molecule has 154 valence electrons. The summed E-state index contributed by atoms with van der Waals surface area (Å²) in [5.41, 5.74) is 6.98. The van der Waals surface area contributed by atoms with Gasteiger partial charge in [0.15, 0.2) is 0 Å². The van der Waals surface area contributed by atoms with Crippen LogP contribution in [0.3, 0.4) is 0 Å². The molecule has 2 heterocycles. The highest BCUT2D eigenvalue weighted by Crippen LogP contribution is 2.27. The summed E-state index contributed by atoms with van der Waals surface area (Å²) in [6.07, 6.45) is 9.07. The Bertz CT molecular complexity index is 711. The van der Waals surface area contributed by atoms with Crippen molar-refractivity contribution in [1.82, 2.24) is 10.3 Å². The highest BCUT2D eigenvalue weighted by atomic mass is 16.3. The smallest absolute Gasteiger partial charge is 0.282 e. The summed E-state index contributed by atoms with van der Waals surface area (Å²) in [7, 11) is 0. The molecule has 28 heavy (non-hydrogen) atoms. The normalized spacial score (nSPS) is 24.4. The molecular formula is C21H33N5O2. The quantitative estimate of drug-likeness (QED) is 0.527. The summed E-state index contributed by atoms with van der Waals surface area (Å²) in [6.45, 7) is 5.09. The van der Waals surface area contributed by atoms with Crippen molar-refractivity contribution in [3.63, 3.8) is 0 Å². The highest BCUT2D eigenvalue weighted by Gasteiger charge is 2.32. The third kappa shape index (κ3) is 5.08. The van der Waals surface area contributed by atoms with Crippen molar-refractivity contribution in [2.45, 2.75) is 64.5 Å². The molecule has 7 nitrogen and oxygen atoms in total. The number of hydrogen-bond acceptors (Lipinski definition) is 5. The third-order valence-corrected chi connectivity index (χ3v) is 5.83. The van der Waals surface area contributed by atoms with E-state index in [1.807, 2.05) is 13.0 Å². The lowest BCUT2D eigenvalue weighted by atomic mass is 9.89. The number of piperidine rings is 1. The molecule has 1 aliphatic carbocycles. The van der Waals surface area contributed by atoms with Gasteiger partial charge in [0.05, 0.1) is 5.56 Å². The number of nitrogens with two attached hydrogens (primary N) is 1. The van der Waals surface area contributed by atoms with Gasteiger partial charge in [-0.05, 0) is 44.7 Å². The van der Waals surface area contributed by atoms with Crippen molar-refractivity contribution in [3.05, 3.63) is 23.4 Å². The van der Waals surface area contributed by atoms with E-state index >= 15 is 0 Å². The first-order chi connectivity index (χ1) is 13.5. The Morgan fingerprint density at radius 1 is 1.36 bits per heavy atom. The van der Waals surface area contributed by atoms with Crippen LogP contribution in [0.25, 0.3) is 0 Å². The molecule has 0 spiro atoms. The van der Waals surface area contributed by atoms with Gasteiger partial charge >= 0.3 is 0 Å². The van der Waals surface area contributed by atoms with Gasteiger partial charge < -0.3 is 21.1 Å². The standard InChI is InChI=1S/C21H33N5O2/c1-14-10-18(21(28)24-15(2)22)20(23-11-14)26-9-8-19(16(12-26)13-27)25-17-6-4-3-5-7-17/h10-11,16-17,19,25,27H,3-9,12-13H2,1-2H3,(H2,22,24,28). The van der Waals surface area contributed by atoms with Gasteiger partial charge in [-0.2, -0.15) is 4.99 Å². The third-order valence-electron chi connectivity index (χ3n) is 5.83. The van der Waals surface area contributed by atoms with E-state index < -0.39 is 0 Å². The molecule has 2 aliphatic rings. The van der Waals surface area contributed by atoms with Crippen molar-refractivity contribution in [3.8, 4) is 0 Å². The van der Waals surface area contributed by atoms with Crippen LogP contribution in [0, 0.1) is 12.8 Å². The minimum Gasteiger partial charge on any atom is -0.396 e. The van der Waals surface area contributed by atoms with E-state index in [2.05, 4.69) is 20.2 Å². The van der Waals surface area contributed by atoms with Gasteiger partial charge in [0.2, 0.25) is 0 Å². The monoisotopic (exact) mass is 387 g/mol. The summed E-state index contributed by atoms with van der Waals surface area (Å²) >= 11 is 0. The van der Waals surface area contributed by atoms with Crippen LogP contribution in [0.4, 0.5) is 5.82 Å². The molecule has 1 aromatic heterocycles. The number of hydrogen-bond donors (Lipinski definition) is 3. The Morgan fingerprint density at radius 2 is 2.11 bits per heavy atom. The Labute approximate surface area is 167 Å². The van der Waals surface area contributed by atoms with Gasteiger partial charge in [-0.1, -0.05) is 19.3 Å². The number of pyridine rings is 1. The van der Waals surface area contributed by atoms with Crippen LogP contribution in [0.2, 0.25) is 0 Å². The van der Waals surface area contributed by atoms with Crippen molar-refractivity contribution >= 4 is 17.6 Å². The first-order valence-corrected chi connectivity index (χ1v) is 10.4. The molecule has 3 rings (SSSR count). The van der Waals surface area contributed by atoms with Crippen molar-refractivity contribution in [2.75, 3.05) is 24.6 Å². The van der Waals surface area contributed by atoms with E-state index in [9.17, 15) is 9.90 Å². The number of carbonyl (C=O) groups is 1. The maximum absolute atomic E-state index is 12.6. The number of carbonyl (C=O) groups excluding carboxylic acids is 1. The van der Waals surface area contributed by atoms with Crippen molar-refractivity contribution in [1.29, 1.82) is 0 Å². The number of amidine groups is 1. The number of nitrogens with zero attached hydrogens (tertiary/aromatic N) is 3. The Kier molecular flexibility index (Phi) is 7.02. The SMILES string of the molecule is CC(N)=NC(=O)c1cc(C)cnc1N1CCC(NC2CCCCC2)C(CO)C1. The molecule has 0 bridgehead atoms. The van der Waals surface area contributed by atoms with E-state index in [0.717, 1.165) is 18.5 Å². The fourth-order valence-corrected chi connectivity index (χ4v) is 4.39. The van der Waals surface area contributed by atoms with Crippen LogP contribution in [0.5, 0.6) is 0 Å². The summed E-state index contributed by atoms with van der Waals surface area (Å²) < 4.78 is 0. The van der Waals surface area contributed by atoms with Gasteiger partial charge in [0.1, 0.15) is 11.7 Å². The molecule has 4 N–H and O–H groups in total. The molecule has 1 aromatic rings. The maximum Gasteiger partial charge on any atom is 0.282 e. The number of aliphatic imine (C=N–C) groups is 1. The molecule has 0 radical (unpaired) electrons. The fourth-order valence-electron chi connectivity index (χ4n) is 4.39. The predicted octanol–water partition coefficient (Wildman–Crippen LogP) is 2.02. The zero-order chi connectivity index (χ0) is 20.1. The van der Waals surface area contributed by atoms with E-state index in [-0.39, 0.29) is 24.3 Å². The first-order valence-electron chi connectivity index (χ1n) is 10.4. The number of aliphatic hydroxyl groups is 1. The van der Waals surface area contributed by atoms with Crippen molar-refractivity contribution in [2.24, 2.45) is 16.6 Å². The van der Waals surface area contributed by atoms with Crippen LogP contribution in [-0.4, -0.2) is 53.6 Å².